The van der Waals surface area contributed by atoms with Gasteiger partial charge in [0.25, 0.3) is 11.8 Å². The third-order valence-corrected chi connectivity index (χ3v) is 6.66. The van der Waals surface area contributed by atoms with Crippen LogP contribution in [-0.2, 0) is 16.1 Å². The second-order valence-electron chi connectivity index (χ2n) is 10.1. The van der Waals surface area contributed by atoms with Crippen molar-refractivity contribution in [2.45, 2.75) is 66.1 Å². The fraction of sp³-hybridized carbons (Fsp3) is 0.324. The van der Waals surface area contributed by atoms with Gasteiger partial charge < -0.3 is 21.3 Å². The fourth-order valence-corrected chi connectivity index (χ4v) is 4.05. The number of hydrogen-bond acceptors (Lipinski definition) is 4. The highest BCUT2D eigenvalue weighted by molar-refractivity contribution is 5.97. The number of amides is 3. The van der Waals surface area contributed by atoms with Crippen LogP contribution in [0.5, 0.6) is 0 Å². The van der Waals surface area contributed by atoms with Gasteiger partial charge in [0.15, 0.2) is 0 Å². The quantitative estimate of drug-likeness (QED) is 0.208. The maximum Gasteiger partial charge on any atom is 0.266 e. The van der Waals surface area contributed by atoms with Crippen molar-refractivity contribution in [1.82, 2.24) is 21.3 Å². The van der Waals surface area contributed by atoms with Gasteiger partial charge in [0.1, 0.15) is 0 Å². The van der Waals surface area contributed by atoms with E-state index in [-0.39, 0.29) is 48.1 Å². The highest BCUT2D eigenvalue weighted by Gasteiger charge is 2.17. The summed E-state index contributed by atoms with van der Waals surface area (Å²) < 4.78 is 0. The number of fused-ring (bicyclic) bond motifs is 1. The molecule has 218 valence electrons. The van der Waals surface area contributed by atoms with E-state index in [2.05, 4.69) is 46.0 Å². The van der Waals surface area contributed by atoms with Gasteiger partial charge in [-0.3, -0.25) is 14.4 Å². The molecule has 3 amide bonds. The maximum atomic E-state index is 13.2. The number of nitrogens with one attached hydrogen (secondary N) is 4. The third kappa shape index (κ3) is 9.94. The zero-order valence-corrected chi connectivity index (χ0v) is 25.1. The molecule has 3 aromatic rings. The molecule has 4 N–H and O–H groups in total. The van der Waals surface area contributed by atoms with Crippen molar-refractivity contribution in [3.8, 4) is 0 Å². The number of benzene rings is 3. The lowest BCUT2D eigenvalue weighted by Crippen LogP contribution is -2.42. The molecule has 0 spiro atoms. The van der Waals surface area contributed by atoms with E-state index in [4.69, 9.17) is 0 Å². The van der Waals surface area contributed by atoms with Crippen LogP contribution in [0.1, 0.15) is 75.5 Å². The third-order valence-electron chi connectivity index (χ3n) is 6.66. The molecule has 7 nitrogen and oxygen atoms in total. The first-order valence-corrected chi connectivity index (χ1v) is 14.2. The van der Waals surface area contributed by atoms with Crippen LogP contribution in [0.2, 0.25) is 0 Å². The van der Waals surface area contributed by atoms with Gasteiger partial charge in [-0.2, -0.15) is 0 Å². The van der Waals surface area contributed by atoms with E-state index < -0.39 is 0 Å². The Bertz CT molecular complexity index is 1370. The zero-order valence-electron chi connectivity index (χ0n) is 25.1. The molecule has 7 heteroatoms. The van der Waals surface area contributed by atoms with Crippen LogP contribution in [0.25, 0.3) is 10.8 Å². The fourth-order valence-electron chi connectivity index (χ4n) is 4.05. The van der Waals surface area contributed by atoms with Gasteiger partial charge >= 0.3 is 0 Å². The zero-order chi connectivity index (χ0) is 30.4. The van der Waals surface area contributed by atoms with Gasteiger partial charge in [0.05, 0.1) is 11.7 Å². The minimum atomic E-state index is -0.388. The van der Waals surface area contributed by atoms with Crippen LogP contribution >= 0.6 is 0 Å². The van der Waals surface area contributed by atoms with E-state index in [0.29, 0.717) is 5.56 Å². The molecule has 3 rings (SSSR count). The van der Waals surface area contributed by atoms with Crippen molar-refractivity contribution in [1.29, 1.82) is 0 Å². The minimum absolute atomic E-state index is 0.166. The Balaban J connectivity index is 0.00000287. The highest BCUT2D eigenvalue weighted by Crippen LogP contribution is 2.24. The molecule has 0 fully saturated rings. The standard InChI is InChI=1S/C32H38N4O3.C2H6/c1-6-32(4,5)36-29(37)19-12-20-33-30(38)23(3)34-21-25-14-8-10-17-28(25)31(39)35-22(2)26-18-11-15-24-13-7-9-16-27(24)26;1-2/h7-19,22,34H,3,6,20-21H2,1-2,4-5H3,(H,33,38)(H,35,39)(H,36,37);1-2H3/b19-12+;. The molecule has 0 saturated heterocycles. The van der Waals surface area contributed by atoms with Crippen molar-refractivity contribution in [3.63, 3.8) is 0 Å². The Kier molecular flexibility index (Phi) is 12.8. The smallest absolute Gasteiger partial charge is 0.266 e. The lowest BCUT2D eigenvalue weighted by Gasteiger charge is -2.23. The van der Waals surface area contributed by atoms with E-state index in [1.165, 1.54) is 6.08 Å². The Labute approximate surface area is 244 Å². The van der Waals surface area contributed by atoms with Crippen LogP contribution in [0.4, 0.5) is 0 Å². The van der Waals surface area contributed by atoms with Gasteiger partial charge in [-0.05, 0) is 55.2 Å². The van der Waals surface area contributed by atoms with E-state index in [9.17, 15) is 14.4 Å². The normalized spacial score (nSPS) is 11.7. The molecule has 1 unspecified atom stereocenters. The Hall–Kier alpha value is -4.39. The second kappa shape index (κ2) is 16.0. The van der Waals surface area contributed by atoms with Crippen LogP contribution in [-0.4, -0.2) is 29.8 Å². The number of rotatable bonds is 12. The van der Waals surface area contributed by atoms with E-state index >= 15 is 0 Å². The number of carbonyl (C=O) groups excluding carboxylic acids is 3. The molecule has 0 radical (unpaired) electrons. The van der Waals surface area contributed by atoms with Gasteiger partial charge in [0, 0.05) is 30.3 Å². The summed E-state index contributed by atoms with van der Waals surface area (Å²) in [5.41, 5.74) is 2.18. The molecule has 41 heavy (non-hydrogen) atoms. The van der Waals surface area contributed by atoms with Crippen LogP contribution in [0, 0.1) is 0 Å². The van der Waals surface area contributed by atoms with E-state index in [0.717, 1.165) is 28.3 Å². The predicted molar refractivity (Wildman–Crippen MR) is 168 cm³/mol. The van der Waals surface area contributed by atoms with Crippen LogP contribution in [0.3, 0.4) is 0 Å². The maximum absolute atomic E-state index is 13.2. The van der Waals surface area contributed by atoms with Crippen LogP contribution < -0.4 is 21.3 Å². The summed E-state index contributed by atoms with van der Waals surface area (Å²) in [7, 11) is 0. The van der Waals surface area contributed by atoms with Crippen molar-refractivity contribution in [2.75, 3.05) is 6.54 Å². The molecule has 0 aromatic heterocycles. The molecule has 0 aliphatic rings. The average molecular weight is 557 g/mol. The largest absolute Gasteiger partial charge is 0.377 e. The lowest BCUT2D eigenvalue weighted by atomic mass is 9.99. The molecular weight excluding hydrogens is 512 g/mol. The van der Waals surface area contributed by atoms with Gasteiger partial charge in [-0.1, -0.05) is 94.1 Å². The first-order chi connectivity index (χ1) is 19.6. The summed E-state index contributed by atoms with van der Waals surface area (Å²) >= 11 is 0. The summed E-state index contributed by atoms with van der Waals surface area (Å²) in [6.45, 7) is 16.1. The molecule has 0 bridgehead atoms. The molecule has 0 aliphatic carbocycles. The first kappa shape index (κ1) is 32.8. The molecule has 0 heterocycles. The summed E-state index contributed by atoms with van der Waals surface area (Å²) in [6, 6.07) is 21.2. The Morgan fingerprint density at radius 3 is 2.32 bits per heavy atom. The summed E-state index contributed by atoms with van der Waals surface area (Å²) in [6.07, 6.45) is 3.80. The van der Waals surface area contributed by atoms with E-state index in [1.807, 2.05) is 84.0 Å². The van der Waals surface area contributed by atoms with E-state index in [1.54, 1.807) is 12.1 Å². The predicted octanol–water partition coefficient (Wildman–Crippen LogP) is 5.94. The summed E-state index contributed by atoms with van der Waals surface area (Å²) in [5.74, 6) is -0.796. The van der Waals surface area contributed by atoms with Crippen molar-refractivity contribution < 1.29 is 14.4 Å². The van der Waals surface area contributed by atoms with Gasteiger partial charge in [0.2, 0.25) is 5.91 Å². The molecule has 1 atom stereocenters. The van der Waals surface area contributed by atoms with Crippen molar-refractivity contribution >= 4 is 28.5 Å². The average Bonchev–Trinajstić information content (AvgIpc) is 2.98. The summed E-state index contributed by atoms with van der Waals surface area (Å²) in [5, 5.41) is 13.9. The first-order valence-electron chi connectivity index (χ1n) is 14.2. The monoisotopic (exact) mass is 556 g/mol. The SMILES string of the molecule is C=C(NCc1ccccc1C(=O)NC(C)c1cccc2ccccc12)C(=O)NC/C=C/C(=O)NC(C)(C)CC.CC. The Morgan fingerprint density at radius 2 is 1.59 bits per heavy atom. The van der Waals surface area contributed by atoms with Crippen molar-refractivity contribution in [2.24, 2.45) is 0 Å². The second-order valence-corrected chi connectivity index (χ2v) is 10.1. The number of carbonyl (C=O) groups is 3. The number of hydrogen-bond donors (Lipinski definition) is 4. The Morgan fingerprint density at radius 1 is 0.927 bits per heavy atom. The highest BCUT2D eigenvalue weighted by atomic mass is 16.2. The lowest BCUT2D eigenvalue weighted by molar-refractivity contribution is -0.119. The van der Waals surface area contributed by atoms with Crippen LogP contribution in [0.15, 0.2) is 91.2 Å². The molecular formula is C34H44N4O3. The molecule has 3 aromatic carbocycles. The molecule has 0 aliphatic heterocycles. The summed E-state index contributed by atoms with van der Waals surface area (Å²) in [4.78, 5) is 37.6. The van der Waals surface area contributed by atoms with Crippen molar-refractivity contribution in [3.05, 3.63) is 108 Å². The molecule has 0 saturated carbocycles. The minimum Gasteiger partial charge on any atom is -0.377 e. The van der Waals surface area contributed by atoms with Gasteiger partial charge in [-0.25, -0.2) is 0 Å². The van der Waals surface area contributed by atoms with Gasteiger partial charge in [-0.15, -0.1) is 0 Å². The topological polar surface area (TPSA) is 99.3 Å².